The first-order chi connectivity index (χ1) is 12.0. The highest BCUT2D eigenvalue weighted by Gasteiger charge is 2.19. The quantitative estimate of drug-likeness (QED) is 0.679. The minimum Gasteiger partial charge on any atom is -0.335 e. The molecule has 0 aliphatic heterocycles. The van der Waals surface area contributed by atoms with Crippen molar-refractivity contribution in [3.63, 3.8) is 0 Å². The van der Waals surface area contributed by atoms with Crippen LogP contribution in [0.2, 0.25) is 10.0 Å². The first kappa shape index (κ1) is 17.5. The van der Waals surface area contributed by atoms with Gasteiger partial charge in [-0.05, 0) is 42.8 Å². The molecule has 0 N–H and O–H groups in total. The maximum Gasteiger partial charge on any atom is 0.254 e. The number of amides is 1. The third-order valence-corrected chi connectivity index (χ3v) is 4.87. The van der Waals surface area contributed by atoms with E-state index in [1.54, 1.807) is 41.2 Å². The zero-order valence-corrected chi connectivity index (χ0v) is 15.2. The van der Waals surface area contributed by atoms with E-state index in [0.29, 0.717) is 15.6 Å². The summed E-state index contributed by atoms with van der Waals surface area (Å²) in [7, 11) is 1.76. The molecule has 1 atom stereocenters. The lowest BCUT2D eigenvalue weighted by Crippen LogP contribution is -2.29. The number of nitrogens with zero attached hydrogens (tertiary/aromatic N) is 4. The second kappa shape index (κ2) is 7.25. The van der Waals surface area contributed by atoms with E-state index < -0.39 is 0 Å². The molecule has 2 aromatic carbocycles. The lowest BCUT2D eigenvalue weighted by atomic mass is 10.1. The van der Waals surface area contributed by atoms with Crippen molar-refractivity contribution >= 4 is 29.1 Å². The van der Waals surface area contributed by atoms with E-state index >= 15 is 0 Å². The van der Waals surface area contributed by atoms with Crippen molar-refractivity contribution in [2.45, 2.75) is 13.0 Å². The molecule has 0 unspecified atom stereocenters. The Bertz CT molecular complexity index is 879. The Morgan fingerprint density at radius 2 is 1.84 bits per heavy atom. The molecule has 1 amide bonds. The Morgan fingerprint density at radius 3 is 2.44 bits per heavy atom. The van der Waals surface area contributed by atoms with Gasteiger partial charge >= 0.3 is 0 Å². The Labute approximate surface area is 155 Å². The number of carbonyl (C=O) groups excluding carboxylic acids is 1. The van der Waals surface area contributed by atoms with E-state index in [9.17, 15) is 4.79 Å². The molecule has 0 aliphatic rings. The van der Waals surface area contributed by atoms with Crippen molar-refractivity contribution in [2.75, 3.05) is 7.05 Å². The number of aromatic nitrogens is 3. The normalized spacial score (nSPS) is 12.0. The molecule has 1 aromatic heterocycles. The van der Waals surface area contributed by atoms with Gasteiger partial charge in [-0.3, -0.25) is 4.79 Å². The predicted molar refractivity (Wildman–Crippen MR) is 98.3 cm³/mol. The van der Waals surface area contributed by atoms with Crippen LogP contribution in [0.3, 0.4) is 0 Å². The van der Waals surface area contributed by atoms with Crippen LogP contribution in [0.25, 0.3) is 5.69 Å². The van der Waals surface area contributed by atoms with E-state index in [2.05, 4.69) is 10.1 Å². The molecule has 0 saturated carbocycles. The molecule has 0 saturated heterocycles. The van der Waals surface area contributed by atoms with Crippen LogP contribution in [0.4, 0.5) is 0 Å². The lowest BCUT2D eigenvalue weighted by Gasteiger charge is -2.25. The second-order valence-electron chi connectivity index (χ2n) is 5.65. The van der Waals surface area contributed by atoms with Crippen LogP contribution in [0.15, 0.2) is 55.1 Å². The molecule has 1 heterocycles. The van der Waals surface area contributed by atoms with Crippen LogP contribution in [-0.4, -0.2) is 32.6 Å². The highest BCUT2D eigenvalue weighted by molar-refractivity contribution is 6.42. The topological polar surface area (TPSA) is 51.0 Å². The molecule has 0 bridgehead atoms. The molecule has 3 rings (SSSR count). The fourth-order valence-electron chi connectivity index (χ4n) is 2.48. The van der Waals surface area contributed by atoms with E-state index in [0.717, 1.165) is 11.3 Å². The fourth-order valence-corrected chi connectivity index (χ4v) is 2.78. The van der Waals surface area contributed by atoms with E-state index in [4.69, 9.17) is 23.2 Å². The standard InChI is InChI=1S/C18H16Cl2N4O/c1-12(13-3-6-15(7-4-13)24-11-21-10-22-24)23(2)18(25)14-5-8-16(19)17(20)9-14/h3-12H,1-2H3/t12-/m0/s1. The summed E-state index contributed by atoms with van der Waals surface area (Å²) in [6.07, 6.45) is 3.12. The summed E-state index contributed by atoms with van der Waals surface area (Å²) in [5.74, 6) is -0.119. The summed E-state index contributed by atoms with van der Waals surface area (Å²) in [4.78, 5) is 18.3. The van der Waals surface area contributed by atoms with Gasteiger partial charge in [0.1, 0.15) is 12.7 Å². The van der Waals surface area contributed by atoms with Crippen molar-refractivity contribution in [1.29, 1.82) is 0 Å². The lowest BCUT2D eigenvalue weighted by molar-refractivity contribution is 0.0742. The van der Waals surface area contributed by atoms with Crippen LogP contribution in [0.1, 0.15) is 28.9 Å². The van der Waals surface area contributed by atoms with Crippen molar-refractivity contribution in [3.8, 4) is 5.69 Å². The van der Waals surface area contributed by atoms with Crippen LogP contribution >= 0.6 is 23.2 Å². The summed E-state index contributed by atoms with van der Waals surface area (Å²) < 4.78 is 1.68. The van der Waals surface area contributed by atoms with Crippen LogP contribution in [0, 0.1) is 0 Å². The van der Waals surface area contributed by atoms with Gasteiger partial charge in [-0.15, -0.1) is 0 Å². The predicted octanol–water partition coefficient (Wildman–Crippen LogP) is 4.41. The maximum atomic E-state index is 12.7. The number of rotatable bonds is 4. The maximum absolute atomic E-state index is 12.7. The minimum absolute atomic E-state index is 0.105. The molecular weight excluding hydrogens is 359 g/mol. The van der Waals surface area contributed by atoms with Crippen molar-refractivity contribution in [1.82, 2.24) is 19.7 Å². The molecule has 7 heteroatoms. The molecule has 0 spiro atoms. The third kappa shape index (κ3) is 3.67. The summed E-state index contributed by atoms with van der Waals surface area (Å²) >= 11 is 11.9. The highest BCUT2D eigenvalue weighted by Crippen LogP contribution is 2.26. The van der Waals surface area contributed by atoms with Gasteiger partial charge in [0.05, 0.1) is 21.8 Å². The smallest absolute Gasteiger partial charge is 0.254 e. The Morgan fingerprint density at radius 1 is 1.12 bits per heavy atom. The zero-order valence-electron chi connectivity index (χ0n) is 13.7. The van der Waals surface area contributed by atoms with Gasteiger partial charge in [0.25, 0.3) is 5.91 Å². The largest absolute Gasteiger partial charge is 0.335 e. The molecule has 0 radical (unpaired) electrons. The summed E-state index contributed by atoms with van der Waals surface area (Å²) in [6, 6.07) is 12.6. The fraction of sp³-hybridized carbons (Fsp3) is 0.167. The van der Waals surface area contributed by atoms with E-state index in [1.807, 2.05) is 31.2 Å². The monoisotopic (exact) mass is 374 g/mol. The van der Waals surface area contributed by atoms with Gasteiger partial charge in [0.15, 0.2) is 0 Å². The summed E-state index contributed by atoms with van der Waals surface area (Å²) in [6.45, 7) is 1.97. The highest BCUT2D eigenvalue weighted by atomic mass is 35.5. The van der Waals surface area contributed by atoms with Gasteiger partial charge in [-0.25, -0.2) is 9.67 Å². The number of hydrogen-bond donors (Lipinski definition) is 0. The van der Waals surface area contributed by atoms with Gasteiger partial charge in [0, 0.05) is 12.6 Å². The zero-order chi connectivity index (χ0) is 18.0. The molecule has 0 fully saturated rings. The number of carbonyl (C=O) groups is 1. The van der Waals surface area contributed by atoms with Crippen molar-refractivity contribution in [2.24, 2.45) is 0 Å². The Balaban J connectivity index is 1.78. The first-order valence-electron chi connectivity index (χ1n) is 7.64. The van der Waals surface area contributed by atoms with E-state index in [-0.39, 0.29) is 11.9 Å². The Kier molecular flexibility index (Phi) is 5.06. The third-order valence-electron chi connectivity index (χ3n) is 4.13. The van der Waals surface area contributed by atoms with Crippen LogP contribution in [-0.2, 0) is 0 Å². The van der Waals surface area contributed by atoms with Gasteiger partial charge in [-0.2, -0.15) is 5.10 Å². The summed E-state index contributed by atoms with van der Waals surface area (Å²) in [5, 5.41) is 4.89. The van der Waals surface area contributed by atoms with Crippen LogP contribution in [0.5, 0.6) is 0 Å². The SMILES string of the molecule is C[C@@H](c1ccc(-n2cncn2)cc1)N(C)C(=O)c1ccc(Cl)c(Cl)c1. The van der Waals surface area contributed by atoms with Crippen LogP contribution < -0.4 is 0 Å². The van der Waals surface area contributed by atoms with Crippen molar-refractivity contribution in [3.05, 3.63) is 76.3 Å². The summed E-state index contributed by atoms with van der Waals surface area (Å²) in [5.41, 5.74) is 2.43. The molecule has 3 aromatic rings. The molecule has 0 aliphatic carbocycles. The van der Waals surface area contributed by atoms with Gasteiger partial charge in [-0.1, -0.05) is 35.3 Å². The average molecular weight is 375 g/mol. The number of hydrogen-bond acceptors (Lipinski definition) is 3. The van der Waals surface area contributed by atoms with Gasteiger partial charge < -0.3 is 4.90 Å². The van der Waals surface area contributed by atoms with Crippen molar-refractivity contribution < 1.29 is 4.79 Å². The molecular formula is C18H16Cl2N4O. The molecule has 5 nitrogen and oxygen atoms in total. The van der Waals surface area contributed by atoms with Gasteiger partial charge in [0.2, 0.25) is 0 Å². The van der Waals surface area contributed by atoms with E-state index in [1.165, 1.54) is 6.33 Å². The Hall–Kier alpha value is -2.37. The second-order valence-corrected chi connectivity index (χ2v) is 6.47. The minimum atomic E-state index is -0.119. The number of halogens is 2. The molecule has 25 heavy (non-hydrogen) atoms. The molecule has 128 valence electrons. The average Bonchev–Trinajstić information content (AvgIpc) is 3.17. The number of benzene rings is 2. The first-order valence-corrected chi connectivity index (χ1v) is 8.40.